The number of nitrogens with zero attached hydrogens (tertiary/aromatic N) is 5. The van der Waals surface area contributed by atoms with Gasteiger partial charge in [0.1, 0.15) is 17.7 Å². The summed E-state index contributed by atoms with van der Waals surface area (Å²) in [5.41, 5.74) is 14.0. The van der Waals surface area contributed by atoms with Gasteiger partial charge in [0.05, 0.1) is 6.20 Å². The first-order chi connectivity index (χ1) is 15.8. The summed E-state index contributed by atoms with van der Waals surface area (Å²) in [6.45, 7) is 3.52. The van der Waals surface area contributed by atoms with E-state index in [1.54, 1.807) is 12.3 Å². The Labute approximate surface area is 217 Å². The molecule has 0 spiro atoms. The van der Waals surface area contributed by atoms with Gasteiger partial charge in [-0.05, 0) is 37.0 Å². The van der Waals surface area contributed by atoms with E-state index in [1.807, 2.05) is 48.0 Å². The number of anilines is 3. The fraction of sp³-hybridized carbons (Fsp3) is 0.333. The van der Waals surface area contributed by atoms with Gasteiger partial charge in [0.25, 0.3) is 5.56 Å². The second-order valence-corrected chi connectivity index (χ2v) is 8.38. The number of nitrogen functional groups attached to an aromatic ring is 1. The predicted octanol–water partition coefficient (Wildman–Crippen LogP) is 2.49. The van der Waals surface area contributed by atoms with Crippen LogP contribution in [0.25, 0.3) is 0 Å². The largest absolute Gasteiger partial charge is 0.384 e. The molecule has 4 rings (SSSR count). The smallest absolute Gasteiger partial charge is 0.295 e. The number of benzene rings is 1. The minimum atomic E-state index is -0.693. The molecule has 4 N–H and O–H groups in total. The van der Waals surface area contributed by atoms with E-state index in [-0.39, 0.29) is 36.2 Å². The lowest BCUT2D eigenvalue weighted by atomic mass is 10.1. The Kier molecular flexibility index (Phi) is 9.50. The first-order valence-corrected chi connectivity index (χ1v) is 11.0. The molecule has 0 saturated heterocycles. The van der Waals surface area contributed by atoms with Crippen LogP contribution in [0, 0.1) is 6.92 Å². The molecule has 0 aliphatic carbocycles. The average molecular weight is 520 g/mol. The van der Waals surface area contributed by atoms with Crippen LogP contribution >= 0.6 is 24.8 Å². The summed E-state index contributed by atoms with van der Waals surface area (Å²) in [7, 11) is 1.88. The van der Waals surface area contributed by atoms with Gasteiger partial charge in [0.2, 0.25) is 5.91 Å². The second-order valence-electron chi connectivity index (χ2n) is 8.38. The molecular formula is C24H31Cl2N7O2. The number of hydrogen-bond acceptors (Lipinski definition) is 7. The van der Waals surface area contributed by atoms with Crippen LogP contribution in [0.3, 0.4) is 0 Å². The molecule has 0 radical (unpaired) electrons. The van der Waals surface area contributed by atoms with Crippen molar-refractivity contribution in [3.63, 3.8) is 0 Å². The van der Waals surface area contributed by atoms with Gasteiger partial charge >= 0.3 is 0 Å². The Hall–Kier alpha value is -3.30. The van der Waals surface area contributed by atoms with Crippen LogP contribution in [-0.2, 0) is 17.8 Å². The maximum absolute atomic E-state index is 13.6. The molecule has 2 aromatic heterocycles. The monoisotopic (exact) mass is 519 g/mol. The summed E-state index contributed by atoms with van der Waals surface area (Å²) in [6, 6.07) is 13.1. The van der Waals surface area contributed by atoms with Crippen molar-refractivity contribution in [1.82, 2.24) is 14.5 Å². The van der Waals surface area contributed by atoms with Crippen LogP contribution in [0.2, 0.25) is 0 Å². The highest BCUT2D eigenvalue weighted by atomic mass is 35.5. The van der Waals surface area contributed by atoms with Gasteiger partial charge in [-0.3, -0.25) is 14.2 Å². The average Bonchev–Trinajstić information content (AvgIpc) is 2.79. The molecule has 9 nitrogen and oxygen atoms in total. The van der Waals surface area contributed by atoms with Gasteiger partial charge < -0.3 is 21.3 Å². The maximum atomic E-state index is 13.6. The van der Waals surface area contributed by atoms with Crippen LogP contribution in [-0.4, -0.2) is 40.6 Å². The molecular weight excluding hydrogens is 489 g/mol. The number of carbonyl (C=O) groups is 1. The molecule has 3 heterocycles. The number of fused-ring (bicyclic) bond motifs is 1. The fourth-order valence-corrected chi connectivity index (χ4v) is 4.23. The maximum Gasteiger partial charge on any atom is 0.295 e. The number of halogens is 2. The van der Waals surface area contributed by atoms with E-state index in [0.29, 0.717) is 37.7 Å². The van der Waals surface area contributed by atoms with Gasteiger partial charge in [0, 0.05) is 32.4 Å². The third-order valence-electron chi connectivity index (χ3n) is 6.12. The topological polar surface area (TPSA) is 123 Å². The molecule has 0 saturated carbocycles. The van der Waals surface area contributed by atoms with Gasteiger partial charge in [-0.25, -0.2) is 9.97 Å². The van der Waals surface area contributed by atoms with Crippen LogP contribution < -0.4 is 26.8 Å². The number of amides is 1. The van der Waals surface area contributed by atoms with Gasteiger partial charge in [-0.1, -0.05) is 36.4 Å². The highest BCUT2D eigenvalue weighted by molar-refractivity contribution is 5.85. The van der Waals surface area contributed by atoms with E-state index < -0.39 is 11.9 Å². The fourth-order valence-electron chi connectivity index (χ4n) is 4.23. The first-order valence-electron chi connectivity index (χ1n) is 11.0. The lowest BCUT2D eigenvalue weighted by molar-refractivity contribution is -0.121. The molecule has 35 heavy (non-hydrogen) atoms. The van der Waals surface area contributed by atoms with Crippen molar-refractivity contribution < 1.29 is 4.79 Å². The Balaban J connectivity index is 0.00000216. The quantitative estimate of drug-likeness (QED) is 0.491. The third kappa shape index (κ3) is 6.04. The molecule has 11 heteroatoms. The Morgan fingerprint density at radius 3 is 2.54 bits per heavy atom. The zero-order valence-electron chi connectivity index (χ0n) is 19.8. The highest BCUT2D eigenvalue weighted by Gasteiger charge is 2.30. The molecule has 1 aromatic carbocycles. The zero-order chi connectivity index (χ0) is 23.5. The summed E-state index contributed by atoms with van der Waals surface area (Å²) in [6.07, 6.45) is 2.85. The molecule has 0 bridgehead atoms. The SMILES string of the molecule is Cc1nc(N)ccc1CN(CCc1ccccc1)c1ncc2n(c1=O)[C@H](C(N)=O)CCN2C.Cl.Cl. The molecule has 1 aliphatic heterocycles. The normalized spacial score (nSPS) is 14.3. The summed E-state index contributed by atoms with van der Waals surface area (Å²) in [5.74, 6) is 0.809. The van der Waals surface area contributed by atoms with Crippen molar-refractivity contribution in [2.45, 2.75) is 32.4 Å². The van der Waals surface area contributed by atoms with Gasteiger partial charge in [-0.15, -0.1) is 24.8 Å². The number of aromatic nitrogens is 3. The van der Waals surface area contributed by atoms with Crippen molar-refractivity contribution in [1.29, 1.82) is 0 Å². The minimum Gasteiger partial charge on any atom is -0.384 e. The molecule has 188 valence electrons. The van der Waals surface area contributed by atoms with E-state index in [1.165, 1.54) is 4.57 Å². The Morgan fingerprint density at radius 2 is 1.89 bits per heavy atom. The number of primary amides is 1. The van der Waals surface area contributed by atoms with Gasteiger partial charge in [-0.2, -0.15) is 0 Å². The van der Waals surface area contributed by atoms with Crippen LogP contribution in [0.5, 0.6) is 0 Å². The molecule has 1 atom stereocenters. The zero-order valence-corrected chi connectivity index (χ0v) is 21.4. The number of pyridine rings is 1. The number of rotatable bonds is 7. The van der Waals surface area contributed by atoms with E-state index in [9.17, 15) is 9.59 Å². The molecule has 0 fully saturated rings. The number of nitrogens with two attached hydrogens (primary N) is 2. The van der Waals surface area contributed by atoms with Crippen molar-refractivity contribution in [3.8, 4) is 0 Å². The highest BCUT2D eigenvalue weighted by Crippen LogP contribution is 2.26. The predicted molar refractivity (Wildman–Crippen MR) is 144 cm³/mol. The van der Waals surface area contributed by atoms with E-state index in [0.717, 1.165) is 23.2 Å². The molecule has 3 aromatic rings. The standard InChI is InChI=1S/C24H29N7O2.2ClH/c1-16-18(8-9-20(25)28-16)15-30(13-10-17-6-4-3-5-7-17)23-24(33)31-19(22(26)32)11-12-29(2)21(31)14-27-23;;/h3-9,14,19H,10-13,15H2,1-2H3,(H2,25,28)(H2,26,32);2*1H/t19-;;/m0../s1. The Morgan fingerprint density at radius 1 is 1.17 bits per heavy atom. The second kappa shape index (κ2) is 11.9. The summed E-state index contributed by atoms with van der Waals surface area (Å²) in [4.78, 5) is 38.5. The van der Waals surface area contributed by atoms with Crippen LogP contribution in [0.1, 0.15) is 29.3 Å². The van der Waals surface area contributed by atoms with Crippen LogP contribution in [0.15, 0.2) is 53.5 Å². The Bertz CT molecular complexity index is 1220. The van der Waals surface area contributed by atoms with Crippen molar-refractivity contribution >= 4 is 48.2 Å². The lowest BCUT2D eigenvalue weighted by Crippen LogP contribution is -2.45. The van der Waals surface area contributed by atoms with E-state index in [2.05, 4.69) is 22.1 Å². The summed E-state index contributed by atoms with van der Waals surface area (Å²) in [5, 5.41) is 0. The van der Waals surface area contributed by atoms with Gasteiger partial charge in [0.15, 0.2) is 5.82 Å². The third-order valence-corrected chi connectivity index (χ3v) is 6.12. The van der Waals surface area contributed by atoms with E-state index in [4.69, 9.17) is 11.5 Å². The number of aryl methyl sites for hydroxylation is 1. The lowest BCUT2D eigenvalue weighted by Gasteiger charge is -2.34. The van der Waals surface area contributed by atoms with Crippen molar-refractivity contribution in [3.05, 3.63) is 75.8 Å². The van der Waals surface area contributed by atoms with Crippen LogP contribution in [0.4, 0.5) is 17.5 Å². The van der Waals surface area contributed by atoms with E-state index >= 15 is 0 Å². The number of hydrogen-bond donors (Lipinski definition) is 2. The van der Waals surface area contributed by atoms with Crippen molar-refractivity contribution in [2.75, 3.05) is 35.7 Å². The first kappa shape index (κ1) is 27.9. The molecule has 0 unspecified atom stereocenters. The minimum absolute atomic E-state index is 0. The summed E-state index contributed by atoms with van der Waals surface area (Å²) < 4.78 is 1.48. The molecule has 1 amide bonds. The number of carbonyl (C=O) groups excluding carboxylic acids is 1. The van der Waals surface area contributed by atoms with Crippen molar-refractivity contribution in [2.24, 2.45) is 5.73 Å². The summed E-state index contributed by atoms with van der Waals surface area (Å²) >= 11 is 0. The molecule has 1 aliphatic rings.